The van der Waals surface area contributed by atoms with E-state index >= 15 is 0 Å². The molecule has 170 valence electrons. The molecule has 1 N–H and O–H groups in total. The summed E-state index contributed by atoms with van der Waals surface area (Å²) in [5, 5.41) is 2.96. The second kappa shape index (κ2) is 11.8. The Morgan fingerprint density at radius 2 is 1.81 bits per heavy atom. The van der Waals surface area contributed by atoms with Crippen LogP contribution in [0.1, 0.15) is 27.0 Å². The van der Waals surface area contributed by atoms with E-state index in [1.165, 1.54) is 11.1 Å². The molecule has 1 heterocycles. The standard InChI is InChI=1S/C23H29FN2O4.ClH/c1-16-4-5-20(30-11-7-24)19(12-16)23(27)25-8-10-26-9-6-17-13-21(28-2)22(29-3)14-18(17)15-26;/h4-5,12-14H,6-11,15H2,1-3H3,(H,25,27);1H. The number of rotatable bonds is 9. The number of fused-ring (bicyclic) bond motifs is 1. The van der Waals surface area contributed by atoms with Crippen molar-refractivity contribution in [2.45, 2.75) is 19.9 Å². The van der Waals surface area contributed by atoms with E-state index in [1.807, 2.05) is 25.1 Å². The highest BCUT2D eigenvalue weighted by molar-refractivity contribution is 5.97. The fourth-order valence-electron chi connectivity index (χ4n) is 3.65. The summed E-state index contributed by atoms with van der Waals surface area (Å²) in [7, 11) is 3.28. The SMILES string of the molecule is COc1cc2c(cc1OC)CN(CCNC(=O)c1cc(C)ccc1OCCF)CC2.Cl. The fourth-order valence-corrected chi connectivity index (χ4v) is 3.65. The fraction of sp³-hybridized carbons (Fsp3) is 0.435. The van der Waals surface area contributed by atoms with Crippen molar-refractivity contribution in [3.63, 3.8) is 0 Å². The van der Waals surface area contributed by atoms with Crippen molar-refractivity contribution in [2.75, 3.05) is 47.1 Å². The number of nitrogens with one attached hydrogen (secondary N) is 1. The van der Waals surface area contributed by atoms with Crippen LogP contribution >= 0.6 is 12.4 Å². The van der Waals surface area contributed by atoms with Crippen LogP contribution in [0, 0.1) is 6.92 Å². The minimum Gasteiger partial charge on any atom is -0.493 e. The molecule has 0 saturated carbocycles. The van der Waals surface area contributed by atoms with Gasteiger partial charge in [0.1, 0.15) is 19.0 Å². The Labute approximate surface area is 189 Å². The van der Waals surface area contributed by atoms with Crippen LogP contribution in [0.4, 0.5) is 4.39 Å². The van der Waals surface area contributed by atoms with Crippen LogP contribution < -0.4 is 19.5 Å². The van der Waals surface area contributed by atoms with Crippen LogP contribution in [0.25, 0.3) is 0 Å². The van der Waals surface area contributed by atoms with Gasteiger partial charge in [-0.1, -0.05) is 11.6 Å². The van der Waals surface area contributed by atoms with Crippen molar-refractivity contribution >= 4 is 18.3 Å². The van der Waals surface area contributed by atoms with Crippen LogP contribution in [-0.4, -0.2) is 57.9 Å². The third-order valence-electron chi connectivity index (χ3n) is 5.23. The summed E-state index contributed by atoms with van der Waals surface area (Å²) in [5.41, 5.74) is 3.86. The van der Waals surface area contributed by atoms with Crippen molar-refractivity contribution in [3.8, 4) is 17.2 Å². The Kier molecular flexibility index (Phi) is 9.40. The Morgan fingerprint density at radius 3 is 2.48 bits per heavy atom. The highest BCUT2D eigenvalue weighted by atomic mass is 35.5. The van der Waals surface area contributed by atoms with E-state index in [1.54, 1.807) is 26.4 Å². The molecule has 3 rings (SSSR count). The van der Waals surface area contributed by atoms with Crippen molar-refractivity contribution in [2.24, 2.45) is 0 Å². The molecule has 1 aliphatic heterocycles. The van der Waals surface area contributed by atoms with Gasteiger partial charge < -0.3 is 19.5 Å². The Hall–Kier alpha value is -2.51. The molecule has 2 aromatic rings. The molecule has 0 bridgehead atoms. The number of aryl methyl sites for hydroxylation is 1. The van der Waals surface area contributed by atoms with E-state index in [0.717, 1.165) is 43.1 Å². The lowest BCUT2D eigenvalue weighted by atomic mass is 9.99. The van der Waals surface area contributed by atoms with Gasteiger partial charge in [-0.25, -0.2) is 4.39 Å². The summed E-state index contributed by atoms with van der Waals surface area (Å²) in [6, 6.07) is 9.39. The first kappa shape index (κ1) is 24.8. The number of halogens is 2. The summed E-state index contributed by atoms with van der Waals surface area (Å²) < 4.78 is 28.6. The number of carbonyl (C=O) groups is 1. The minimum atomic E-state index is -0.595. The Morgan fingerprint density at radius 1 is 1.10 bits per heavy atom. The molecule has 0 spiro atoms. The first-order valence-electron chi connectivity index (χ1n) is 10.1. The van der Waals surface area contributed by atoms with Gasteiger partial charge in [0.15, 0.2) is 11.5 Å². The quantitative estimate of drug-likeness (QED) is 0.630. The smallest absolute Gasteiger partial charge is 0.255 e. The van der Waals surface area contributed by atoms with Crippen LogP contribution in [0.5, 0.6) is 17.2 Å². The minimum absolute atomic E-state index is 0. The van der Waals surface area contributed by atoms with Gasteiger partial charge in [0.05, 0.1) is 19.8 Å². The van der Waals surface area contributed by atoms with E-state index in [9.17, 15) is 9.18 Å². The highest BCUT2D eigenvalue weighted by Crippen LogP contribution is 2.33. The molecular formula is C23H30ClFN2O4. The van der Waals surface area contributed by atoms with Crippen molar-refractivity contribution in [3.05, 3.63) is 52.6 Å². The molecule has 1 amide bonds. The van der Waals surface area contributed by atoms with Gasteiger partial charge in [-0.05, 0) is 48.7 Å². The molecule has 0 fully saturated rings. The molecule has 0 aromatic heterocycles. The lowest BCUT2D eigenvalue weighted by molar-refractivity contribution is 0.0942. The summed E-state index contributed by atoms with van der Waals surface area (Å²) >= 11 is 0. The number of ether oxygens (including phenoxy) is 3. The zero-order chi connectivity index (χ0) is 21.5. The summed E-state index contributed by atoms with van der Waals surface area (Å²) in [6.07, 6.45) is 0.919. The maximum atomic E-state index is 12.6. The van der Waals surface area contributed by atoms with Crippen LogP contribution in [0.2, 0.25) is 0 Å². The predicted molar refractivity (Wildman–Crippen MR) is 121 cm³/mol. The van der Waals surface area contributed by atoms with E-state index in [2.05, 4.69) is 10.2 Å². The molecule has 1 aliphatic rings. The predicted octanol–water partition coefficient (Wildman–Crippen LogP) is 3.57. The van der Waals surface area contributed by atoms with E-state index in [0.29, 0.717) is 17.9 Å². The molecule has 2 aromatic carbocycles. The second-order valence-electron chi connectivity index (χ2n) is 7.30. The number of alkyl halides is 1. The van der Waals surface area contributed by atoms with Gasteiger partial charge in [0, 0.05) is 26.2 Å². The topological polar surface area (TPSA) is 60.0 Å². The van der Waals surface area contributed by atoms with Gasteiger partial charge in [0.25, 0.3) is 5.91 Å². The van der Waals surface area contributed by atoms with Gasteiger partial charge in [-0.2, -0.15) is 0 Å². The van der Waals surface area contributed by atoms with E-state index in [-0.39, 0.29) is 24.9 Å². The van der Waals surface area contributed by atoms with E-state index < -0.39 is 6.67 Å². The first-order valence-corrected chi connectivity index (χ1v) is 10.1. The lowest BCUT2D eigenvalue weighted by Gasteiger charge is -2.29. The number of amides is 1. The van der Waals surface area contributed by atoms with Gasteiger partial charge in [-0.15, -0.1) is 12.4 Å². The zero-order valence-corrected chi connectivity index (χ0v) is 19.0. The van der Waals surface area contributed by atoms with Crippen molar-refractivity contribution < 1.29 is 23.4 Å². The second-order valence-corrected chi connectivity index (χ2v) is 7.30. The van der Waals surface area contributed by atoms with Crippen LogP contribution in [0.15, 0.2) is 30.3 Å². The molecule has 6 nitrogen and oxygen atoms in total. The average Bonchev–Trinajstić information content (AvgIpc) is 2.77. The van der Waals surface area contributed by atoms with Crippen molar-refractivity contribution in [1.82, 2.24) is 10.2 Å². The van der Waals surface area contributed by atoms with Gasteiger partial charge in [-0.3, -0.25) is 9.69 Å². The molecule has 31 heavy (non-hydrogen) atoms. The van der Waals surface area contributed by atoms with Crippen LogP contribution in [0.3, 0.4) is 0 Å². The average molecular weight is 453 g/mol. The lowest BCUT2D eigenvalue weighted by Crippen LogP contribution is -2.38. The molecule has 0 saturated heterocycles. The highest BCUT2D eigenvalue weighted by Gasteiger charge is 2.20. The van der Waals surface area contributed by atoms with Gasteiger partial charge >= 0.3 is 0 Å². The number of benzene rings is 2. The summed E-state index contributed by atoms with van der Waals surface area (Å²) in [4.78, 5) is 14.9. The van der Waals surface area contributed by atoms with Crippen LogP contribution in [-0.2, 0) is 13.0 Å². The molecule has 8 heteroatoms. The Balaban J connectivity index is 0.00000341. The maximum absolute atomic E-state index is 12.6. The molecule has 0 atom stereocenters. The Bertz CT molecular complexity index is 894. The molecule has 0 aliphatic carbocycles. The number of nitrogens with zero attached hydrogens (tertiary/aromatic N) is 1. The summed E-state index contributed by atoms with van der Waals surface area (Å²) in [6.45, 7) is 4.19. The maximum Gasteiger partial charge on any atom is 0.255 e. The third-order valence-corrected chi connectivity index (χ3v) is 5.23. The van der Waals surface area contributed by atoms with E-state index in [4.69, 9.17) is 14.2 Å². The number of methoxy groups -OCH3 is 2. The number of hydrogen-bond acceptors (Lipinski definition) is 5. The molecular weight excluding hydrogens is 423 g/mol. The third kappa shape index (κ3) is 6.24. The van der Waals surface area contributed by atoms with Crippen molar-refractivity contribution in [1.29, 1.82) is 0 Å². The largest absolute Gasteiger partial charge is 0.493 e. The zero-order valence-electron chi connectivity index (χ0n) is 18.2. The number of carbonyl (C=O) groups excluding carboxylic acids is 1. The normalized spacial score (nSPS) is 13.0. The monoisotopic (exact) mass is 452 g/mol. The summed E-state index contributed by atoms with van der Waals surface area (Å²) in [5.74, 6) is 1.67. The molecule has 0 radical (unpaired) electrons. The molecule has 0 unspecified atom stereocenters. The van der Waals surface area contributed by atoms with Gasteiger partial charge in [0.2, 0.25) is 0 Å². The number of hydrogen-bond donors (Lipinski definition) is 1. The first-order chi connectivity index (χ1) is 14.5.